The molecule has 0 saturated carbocycles. The van der Waals surface area contributed by atoms with Crippen molar-refractivity contribution in [2.24, 2.45) is 10.9 Å². The predicted octanol–water partition coefficient (Wildman–Crippen LogP) is 5.17. The Kier molecular flexibility index (Phi) is 4.55. The highest BCUT2D eigenvalue weighted by molar-refractivity contribution is 5.95. The maximum atomic E-state index is 14.0. The molecule has 0 fully saturated rings. The monoisotopic (exact) mass is 386 g/mol. The minimum Gasteiger partial charge on any atom is -0.475 e. The van der Waals surface area contributed by atoms with E-state index in [9.17, 15) is 4.39 Å². The van der Waals surface area contributed by atoms with Crippen LogP contribution in [0.2, 0.25) is 0 Å². The van der Waals surface area contributed by atoms with Gasteiger partial charge in [0.05, 0.1) is 11.6 Å². The number of hydrogen-bond acceptors (Lipinski definition) is 3. The third-order valence-corrected chi connectivity index (χ3v) is 5.87. The first kappa shape index (κ1) is 17.9. The highest BCUT2D eigenvalue weighted by atomic mass is 19.1. The van der Waals surface area contributed by atoms with Gasteiger partial charge < -0.3 is 9.64 Å². The van der Waals surface area contributed by atoms with Gasteiger partial charge in [0.15, 0.2) is 0 Å². The summed E-state index contributed by atoms with van der Waals surface area (Å²) in [4.78, 5) is 7.01. The molecule has 5 rings (SSSR count). The Balaban J connectivity index is 1.29. The molecule has 0 amide bonds. The lowest BCUT2D eigenvalue weighted by atomic mass is 9.92. The van der Waals surface area contributed by atoms with Gasteiger partial charge in [-0.05, 0) is 42.0 Å². The van der Waals surface area contributed by atoms with Crippen LogP contribution in [-0.4, -0.2) is 23.4 Å². The van der Waals surface area contributed by atoms with Crippen LogP contribution in [0.1, 0.15) is 29.7 Å². The van der Waals surface area contributed by atoms with Gasteiger partial charge in [0.2, 0.25) is 5.90 Å². The van der Waals surface area contributed by atoms with E-state index in [1.54, 1.807) is 18.2 Å². The van der Waals surface area contributed by atoms with Crippen LogP contribution in [0, 0.1) is 11.7 Å². The van der Waals surface area contributed by atoms with Crippen molar-refractivity contribution in [1.82, 2.24) is 4.90 Å². The van der Waals surface area contributed by atoms with Crippen molar-refractivity contribution >= 4 is 5.90 Å². The second kappa shape index (κ2) is 7.36. The first-order valence-electron chi connectivity index (χ1n) is 10.0. The fourth-order valence-electron chi connectivity index (χ4n) is 4.30. The number of benzene rings is 2. The number of rotatable bonds is 4. The standard InChI is InChI=1S/C25H23FN2O/c1-17-14-28(24-9-5-3-6-20(17)24)15-18-10-12-19(13-11-18)23-16-29-25(27-23)21-7-2-4-8-22(21)26/h2-14,20,23-24H,15-16H2,1H3. The van der Waals surface area contributed by atoms with Crippen molar-refractivity contribution < 1.29 is 9.13 Å². The fraction of sp³-hybridized carbons (Fsp3) is 0.240. The highest BCUT2D eigenvalue weighted by Gasteiger charge is 2.30. The number of hydrogen-bond donors (Lipinski definition) is 0. The number of nitrogens with zero attached hydrogens (tertiary/aromatic N) is 2. The summed E-state index contributed by atoms with van der Waals surface area (Å²) in [7, 11) is 0. The van der Waals surface area contributed by atoms with E-state index < -0.39 is 0 Å². The third-order valence-electron chi connectivity index (χ3n) is 5.87. The van der Waals surface area contributed by atoms with Crippen LogP contribution < -0.4 is 0 Å². The van der Waals surface area contributed by atoms with Crippen LogP contribution in [0.4, 0.5) is 4.39 Å². The zero-order valence-corrected chi connectivity index (χ0v) is 16.3. The molecule has 3 aliphatic rings. The van der Waals surface area contributed by atoms with Crippen molar-refractivity contribution in [3.63, 3.8) is 0 Å². The average molecular weight is 386 g/mol. The predicted molar refractivity (Wildman–Crippen MR) is 113 cm³/mol. The molecule has 0 N–H and O–H groups in total. The van der Waals surface area contributed by atoms with Crippen LogP contribution in [0.25, 0.3) is 0 Å². The number of halogens is 1. The molecule has 2 aliphatic heterocycles. The van der Waals surface area contributed by atoms with Crippen molar-refractivity contribution in [1.29, 1.82) is 0 Å². The first-order chi connectivity index (χ1) is 14.2. The molecule has 2 heterocycles. The molecular formula is C25H23FN2O. The lowest BCUT2D eigenvalue weighted by Gasteiger charge is -2.28. The molecule has 0 bridgehead atoms. The number of fused-ring (bicyclic) bond motifs is 1. The van der Waals surface area contributed by atoms with E-state index in [1.165, 1.54) is 17.2 Å². The van der Waals surface area contributed by atoms with Gasteiger partial charge >= 0.3 is 0 Å². The van der Waals surface area contributed by atoms with E-state index in [2.05, 4.69) is 71.6 Å². The fourth-order valence-corrected chi connectivity index (χ4v) is 4.30. The van der Waals surface area contributed by atoms with E-state index in [4.69, 9.17) is 4.74 Å². The van der Waals surface area contributed by atoms with Crippen LogP contribution in [-0.2, 0) is 11.3 Å². The van der Waals surface area contributed by atoms with Crippen molar-refractivity contribution in [3.05, 3.63) is 107 Å². The molecule has 146 valence electrons. The highest BCUT2D eigenvalue weighted by Crippen LogP contribution is 2.33. The number of allylic oxidation sites excluding steroid dienone is 2. The summed E-state index contributed by atoms with van der Waals surface area (Å²) in [6.45, 7) is 3.52. The summed E-state index contributed by atoms with van der Waals surface area (Å²) in [5.74, 6) is 0.570. The lowest BCUT2D eigenvalue weighted by Crippen LogP contribution is -2.30. The van der Waals surface area contributed by atoms with Gasteiger partial charge in [-0.1, -0.05) is 60.7 Å². The van der Waals surface area contributed by atoms with Gasteiger partial charge in [-0.3, -0.25) is 0 Å². The van der Waals surface area contributed by atoms with Crippen molar-refractivity contribution in [2.75, 3.05) is 6.61 Å². The summed E-state index contributed by atoms with van der Waals surface area (Å²) in [5, 5.41) is 0. The Bertz CT molecular complexity index is 1040. The van der Waals surface area contributed by atoms with E-state index in [0.29, 0.717) is 30.0 Å². The Labute approximate surface area is 170 Å². The van der Waals surface area contributed by atoms with Gasteiger partial charge in [-0.2, -0.15) is 0 Å². The van der Waals surface area contributed by atoms with Gasteiger partial charge in [-0.15, -0.1) is 0 Å². The molecule has 2 aromatic carbocycles. The third kappa shape index (κ3) is 3.39. The van der Waals surface area contributed by atoms with Crippen LogP contribution in [0.15, 0.2) is 89.6 Å². The Hall–Kier alpha value is -3.14. The second-order valence-electron chi connectivity index (χ2n) is 7.81. The maximum Gasteiger partial charge on any atom is 0.219 e. The van der Waals surface area contributed by atoms with Crippen LogP contribution in [0.3, 0.4) is 0 Å². The number of ether oxygens (including phenoxy) is 1. The van der Waals surface area contributed by atoms with Gasteiger partial charge in [0.1, 0.15) is 18.5 Å². The molecule has 1 aliphatic carbocycles. The molecule has 0 saturated heterocycles. The van der Waals surface area contributed by atoms with E-state index in [-0.39, 0.29) is 11.9 Å². The Morgan fingerprint density at radius 1 is 1.07 bits per heavy atom. The lowest BCUT2D eigenvalue weighted by molar-refractivity contribution is 0.310. The Morgan fingerprint density at radius 2 is 1.86 bits per heavy atom. The first-order valence-corrected chi connectivity index (χ1v) is 10.0. The topological polar surface area (TPSA) is 24.8 Å². The molecule has 29 heavy (non-hydrogen) atoms. The van der Waals surface area contributed by atoms with Gasteiger partial charge in [0.25, 0.3) is 0 Å². The van der Waals surface area contributed by atoms with Crippen LogP contribution >= 0.6 is 0 Å². The minimum absolute atomic E-state index is 0.0941. The minimum atomic E-state index is -0.305. The molecule has 0 radical (unpaired) electrons. The summed E-state index contributed by atoms with van der Waals surface area (Å²) in [6.07, 6.45) is 11.1. The van der Waals surface area contributed by atoms with Gasteiger partial charge in [-0.25, -0.2) is 9.38 Å². The van der Waals surface area contributed by atoms with Crippen molar-refractivity contribution in [2.45, 2.75) is 25.6 Å². The second-order valence-corrected chi connectivity index (χ2v) is 7.81. The Morgan fingerprint density at radius 3 is 2.69 bits per heavy atom. The van der Waals surface area contributed by atoms with E-state index in [0.717, 1.165) is 12.1 Å². The molecule has 3 unspecified atom stereocenters. The summed E-state index contributed by atoms with van der Waals surface area (Å²) in [5.41, 5.74) is 4.18. The number of aliphatic imine (C=N–C) groups is 1. The molecule has 4 heteroatoms. The summed E-state index contributed by atoms with van der Waals surface area (Å²) in [6, 6.07) is 15.4. The average Bonchev–Trinajstić information content (AvgIpc) is 3.35. The molecule has 0 spiro atoms. The zero-order chi connectivity index (χ0) is 19.8. The molecule has 0 aromatic heterocycles. The van der Waals surface area contributed by atoms with E-state index in [1.807, 2.05) is 0 Å². The van der Waals surface area contributed by atoms with Crippen LogP contribution in [0.5, 0.6) is 0 Å². The van der Waals surface area contributed by atoms with E-state index >= 15 is 0 Å². The zero-order valence-electron chi connectivity index (χ0n) is 16.3. The normalized spacial score (nSPS) is 24.9. The summed E-state index contributed by atoms with van der Waals surface area (Å²) < 4.78 is 19.7. The molecule has 3 atom stereocenters. The van der Waals surface area contributed by atoms with Gasteiger partial charge in [0, 0.05) is 12.5 Å². The summed E-state index contributed by atoms with van der Waals surface area (Å²) >= 11 is 0. The maximum absolute atomic E-state index is 14.0. The SMILES string of the molecule is CC1=CN(Cc2ccc(C3COC(c4ccccc4F)=N3)cc2)C2C=CC=CC12. The quantitative estimate of drug-likeness (QED) is 0.724. The van der Waals surface area contributed by atoms with Crippen molar-refractivity contribution in [3.8, 4) is 0 Å². The molecule has 3 nitrogen and oxygen atoms in total. The smallest absolute Gasteiger partial charge is 0.219 e. The molecular weight excluding hydrogens is 363 g/mol. The molecule has 2 aromatic rings. The largest absolute Gasteiger partial charge is 0.475 e.